The van der Waals surface area contributed by atoms with Crippen molar-refractivity contribution in [3.63, 3.8) is 0 Å². The zero-order valence-electron chi connectivity index (χ0n) is 10.5. The van der Waals surface area contributed by atoms with Gasteiger partial charge in [-0.1, -0.05) is 19.2 Å². The highest BCUT2D eigenvalue weighted by Crippen LogP contribution is 2.34. The fourth-order valence-corrected chi connectivity index (χ4v) is 1.76. The minimum atomic E-state index is -0.649. The van der Waals surface area contributed by atoms with Crippen molar-refractivity contribution in [1.29, 1.82) is 0 Å². The molecular formula is C15H12O5. The van der Waals surface area contributed by atoms with Crippen LogP contribution >= 0.6 is 0 Å². The van der Waals surface area contributed by atoms with Crippen molar-refractivity contribution >= 4 is 12.2 Å². The van der Waals surface area contributed by atoms with E-state index in [0.717, 1.165) is 0 Å². The van der Waals surface area contributed by atoms with Gasteiger partial charge in [0.25, 0.3) is 0 Å². The summed E-state index contributed by atoms with van der Waals surface area (Å²) in [7, 11) is 0. The third-order valence-corrected chi connectivity index (χ3v) is 2.78. The molecule has 2 rings (SSSR count). The van der Waals surface area contributed by atoms with E-state index in [1.807, 2.05) is 0 Å². The first-order chi connectivity index (χ1) is 9.49. The van der Waals surface area contributed by atoms with Crippen LogP contribution in [0.2, 0.25) is 0 Å². The molecule has 0 saturated carbocycles. The smallest absolute Gasteiger partial charge is 0.235 e. The first-order valence-electron chi connectivity index (χ1n) is 5.67. The Labute approximate surface area is 114 Å². The standard InChI is InChI=1S/C15H12O5/c1-3-9-12(4-2)20-15(14(19)13(9)18)8-5-6-10(16)11(17)7-8/h3-7,16-17,19H,1-2H2. The largest absolute Gasteiger partial charge is 0.504 e. The Kier molecular flexibility index (Phi) is 3.35. The van der Waals surface area contributed by atoms with E-state index in [2.05, 4.69) is 13.2 Å². The highest BCUT2D eigenvalue weighted by atomic mass is 16.4. The summed E-state index contributed by atoms with van der Waals surface area (Å²) in [5, 5.41) is 28.6. The van der Waals surface area contributed by atoms with Crippen LogP contribution in [0.4, 0.5) is 0 Å². The highest BCUT2D eigenvalue weighted by molar-refractivity contribution is 5.71. The van der Waals surface area contributed by atoms with Gasteiger partial charge in [0.05, 0.1) is 5.56 Å². The summed E-state index contributed by atoms with van der Waals surface area (Å²) in [6, 6.07) is 3.79. The summed E-state index contributed by atoms with van der Waals surface area (Å²) in [4.78, 5) is 12.0. The van der Waals surface area contributed by atoms with E-state index in [1.54, 1.807) is 0 Å². The summed E-state index contributed by atoms with van der Waals surface area (Å²) in [6.45, 7) is 7.00. The van der Waals surface area contributed by atoms with Crippen LogP contribution < -0.4 is 5.43 Å². The maximum Gasteiger partial charge on any atom is 0.235 e. The molecule has 0 aliphatic heterocycles. The Balaban J connectivity index is 2.77. The molecule has 2 aromatic rings. The molecule has 0 aliphatic rings. The number of hydrogen-bond acceptors (Lipinski definition) is 5. The van der Waals surface area contributed by atoms with E-state index >= 15 is 0 Å². The molecule has 0 radical (unpaired) electrons. The van der Waals surface area contributed by atoms with Gasteiger partial charge in [-0.3, -0.25) is 4.79 Å². The number of benzene rings is 1. The molecule has 0 spiro atoms. The van der Waals surface area contributed by atoms with Gasteiger partial charge in [-0.2, -0.15) is 0 Å². The highest BCUT2D eigenvalue weighted by Gasteiger charge is 2.17. The molecule has 1 heterocycles. The minimum absolute atomic E-state index is 0.101. The Bertz CT molecular complexity index is 756. The van der Waals surface area contributed by atoms with Crippen LogP contribution in [-0.2, 0) is 0 Å². The monoisotopic (exact) mass is 272 g/mol. The molecule has 0 fully saturated rings. The van der Waals surface area contributed by atoms with Crippen molar-refractivity contribution in [3.8, 4) is 28.6 Å². The summed E-state index contributed by atoms with van der Waals surface area (Å²) in [5.74, 6) is -1.27. The van der Waals surface area contributed by atoms with E-state index < -0.39 is 16.9 Å². The van der Waals surface area contributed by atoms with Crippen LogP contribution in [0.3, 0.4) is 0 Å². The van der Waals surface area contributed by atoms with Crippen molar-refractivity contribution in [2.24, 2.45) is 0 Å². The van der Waals surface area contributed by atoms with Gasteiger partial charge in [0, 0.05) is 5.56 Å². The minimum Gasteiger partial charge on any atom is -0.504 e. The van der Waals surface area contributed by atoms with Crippen LogP contribution in [0.15, 0.2) is 40.6 Å². The SMILES string of the molecule is C=Cc1oc(-c2ccc(O)c(O)c2)c(O)c(=O)c1C=C. The number of phenolic OH excluding ortho intramolecular Hbond substituents is 2. The Hall–Kier alpha value is -2.95. The van der Waals surface area contributed by atoms with Crippen molar-refractivity contribution < 1.29 is 19.7 Å². The number of aromatic hydroxyl groups is 3. The van der Waals surface area contributed by atoms with Crippen LogP contribution in [0.1, 0.15) is 11.3 Å². The molecule has 0 unspecified atom stereocenters. The molecule has 1 aromatic carbocycles. The summed E-state index contributed by atoms with van der Waals surface area (Å²) in [6.07, 6.45) is 2.59. The van der Waals surface area contributed by atoms with Gasteiger partial charge in [-0.25, -0.2) is 0 Å². The lowest BCUT2D eigenvalue weighted by Crippen LogP contribution is -2.07. The van der Waals surface area contributed by atoms with E-state index in [-0.39, 0.29) is 28.4 Å². The molecule has 1 aromatic heterocycles. The third-order valence-electron chi connectivity index (χ3n) is 2.78. The van der Waals surface area contributed by atoms with Gasteiger partial charge < -0.3 is 19.7 Å². The van der Waals surface area contributed by atoms with Crippen LogP contribution in [0, 0.1) is 0 Å². The average Bonchev–Trinajstić information content (AvgIpc) is 2.44. The molecule has 5 heteroatoms. The van der Waals surface area contributed by atoms with Gasteiger partial charge in [0.2, 0.25) is 11.2 Å². The lowest BCUT2D eigenvalue weighted by Gasteiger charge is -2.08. The summed E-state index contributed by atoms with van der Waals surface area (Å²) >= 11 is 0. The van der Waals surface area contributed by atoms with Gasteiger partial charge >= 0.3 is 0 Å². The lowest BCUT2D eigenvalue weighted by molar-refractivity contribution is 0.403. The molecular weight excluding hydrogens is 260 g/mol. The van der Waals surface area contributed by atoms with E-state index in [1.165, 1.54) is 30.4 Å². The molecule has 0 aliphatic carbocycles. The average molecular weight is 272 g/mol. The summed E-state index contributed by atoms with van der Waals surface area (Å²) in [5.41, 5.74) is -0.304. The Morgan fingerprint density at radius 2 is 1.75 bits per heavy atom. The zero-order valence-corrected chi connectivity index (χ0v) is 10.5. The molecule has 3 N–H and O–H groups in total. The first-order valence-corrected chi connectivity index (χ1v) is 5.67. The van der Waals surface area contributed by atoms with Crippen molar-refractivity contribution in [2.75, 3.05) is 0 Å². The second kappa shape index (κ2) is 4.97. The molecule has 0 atom stereocenters. The van der Waals surface area contributed by atoms with E-state index in [0.29, 0.717) is 0 Å². The van der Waals surface area contributed by atoms with Crippen LogP contribution in [-0.4, -0.2) is 15.3 Å². The second-order valence-corrected chi connectivity index (χ2v) is 4.00. The number of phenols is 2. The van der Waals surface area contributed by atoms with E-state index in [4.69, 9.17) is 4.42 Å². The molecule has 102 valence electrons. The number of rotatable bonds is 3. The summed E-state index contributed by atoms with van der Waals surface area (Å²) < 4.78 is 5.41. The van der Waals surface area contributed by atoms with Crippen LogP contribution in [0.5, 0.6) is 17.2 Å². The fraction of sp³-hybridized carbons (Fsp3) is 0. The lowest BCUT2D eigenvalue weighted by atomic mass is 10.1. The molecule has 5 nitrogen and oxygen atoms in total. The predicted molar refractivity (Wildman–Crippen MR) is 75.6 cm³/mol. The van der Waals surface area contributed by atoms with Gasteiger partial charge in [0.15, 0.2) is 17.3 Å². The maximum atomic E-state index is 12.0. The molecule has 0 amide bonds. The van der Waals surface area contributed by atoms with Crippen molar-refractivity contribution in [1.82, 2.24) is 0 Å². The van der Waals surface area contributed by atoms with E-state index in [9.17, 15) is 20.1 Å². The molecule has 0 bridgehead atoms. The first kappa shape index (κ1) is 13.5. The molecule has 0 saturated heterocycles. The Morgan fingerprint density at radius 3 is 2.30 bits per heavy atom. The zero-order chi connectivity index (χ0) is 14.9. The van der Waals surface area contributed by atoms with Gasteiger partial charge in [-0.15, -0.1) is 0 Å². The second-order valence-electron chi connectivity index (χ2n) is 4.00. The van der Waals surface area contributed by atoms with Crippen molar-refractivity contribution in [3.05, 3.63) is 52.9 Å². The topological polar surface area (TPSA) is 90.9 Å². The van der Waals surface area contributed by atoms with Gasteiger partial charge in [-0.05, 0) is 24.3 Å². The van der Waals surface area contributed by atoms with Crippen LogP contribution in [0.25, 0.3) is 23.5 Å². The fourth-order valence-electron chi connectivity index (χ4n) is 1.76. The maximum absolute atomic E-state index is 12.0. The Morgan fingerprint density at radius 1 is 1.05 bits per heavy atom. The predicted octanol–water partition coefficient (Wildman–Crippen LogP) is 2.71. The quantitative estimate of drug-likeness (QED) is 0.747. The number of hydrogen-bond donors (Lipinski definition) is 3. The van der Waals surface area contributed by atoms with Crippen molar-refractivity contribution in [2.45, 2.75) is 0 Å². The normalized spacial score (nSPS) is 10.2. The third kappa shape index (κ3) is 2.05. The molecule has 20 heavy (non-hydrogen) atoms. The van der Waals surface area contributed by atoms with Gasteiger partial charge in [0.1, 0.15) is 5.76 Å².